The van der Waals surface area contributed by atoms with Crippen LogP contribution in [0, 0.1) is 5.82 Å². The Labute approximate surface area is 123 Å². The van der Waals surface area contributed by atoms with Crippen LogP contribution in [-0.4, -0.2) is 17.1 Å². The Morgan fingerprint density at radius 1 is 1.24 bits per heavy atom. The van der Waals surface area contributed by atoms with Gasteiger partial charge in [-0.15, -0.1) is 0 Å². The number of carbonyl (C=O) groups is 1. The number of nitrogens with one attached hydrogen (secondary N) is 1. The van der Waals surface area contributed by atoms with Crippen LogP contribution in [0.3, 0.4) is 0 Å². The van der Waals surface area contributed by atoms with E-state index < -0.39 is 11.8 Å². The molecule has 0 radical (unpaired) electrons. The van der Waals surface area contributed by atoms with Crippen molar-refractivity contribution in [2.75, 3.05) is 5.32 Å². The number of carboxylic acid groups (broad SMARTS) is 1. The van der Waals surface area contributed by atoms with Gasteiger partial charge in [0.05, 0.1) is 5.56 Å². The van der Waals surface area contributed by atoms with E-state index in [1.54, 1.807) is 0 Å². The average molecular weight is 287 g/mol. The van der Waals surface area contributed by atoms with Gasteiger partial charge in [0.25, 0.3) is 0 Å². The molecule has 0 spiro atoms. The summed E-state index contributed by atoms with van der Waals surface area (Å²) in [5, 5.41) is 12.2. The van der Waals surface area contributed by atoms with E-state index in [2.05, 4.69) is 17.4 Å². The van der Waals surface area contributed by atoms with E-state index in [1.165, 1.54) is 17.7 Å². The Morgan fingerprint density at radius 3 is 2.62 bits per heavy atom. The molecule has 0 aliphatic carbocycles. The average Bonchev–Trinajstić information content (AvgIpc) is 2.48. The van der Waals surface area contributed by atoms with E-state index in [0.717, 1.165) is 18.9 Å². The molecule has 0 fully saturated rings. The van der Waals surface area contributed by atoms with Crippen molar-refractivity contribution in [1.82, 2.24) is 0 Å². The second-order valence-corrected chi connectivity index (χ2v) is 5.06. The SMILES string of the molecule is CC(CCc1ccccc1)Nc1ccc(F)cc1C(=O)O. The molecular weight excluding hydrogens is 269 g/mol. The zero-order valence-electron chi connectivity index (χ0n) is 11.8. The number of aryl methyl sites for hydroxylation is 1. The number of carboxylic acids is 1. The molecule has 0 saturated carbocycles. The standard InChI is InChI=1S/C17H18FNO2/c1-12(7-8-13-5-3-2-4-6-13)19-16-10-9-14(18)11-15(16)17(20)21/h2-6,9-12,19H,7-8H2,1H3,(H,20,21). The summed E-state index contributed by atoms with van der Waals surface area (Å²) < 4.78 is 13.1. The highest BCUT2D eigenvalue weighted by Gasteiger charge is 2.13. The maximum atomic E-state index is 13.1. The van der Waals surface area contributed by atoms with Crippen LogP contribution in [0.5, 0.6) is 0 Å². The number of benzene rings is 2. The van der Waals surface area contributed by atoms with Crippen molar-refractivity contribution in [3.8, 4) is 0 Å². The lowest BCUT2D eigenvalue weighted by Crippen LogP contribution is -2.18. The first-order chi connectivity index (χ1) is 10.1. The Morgan fingerprint density at radius 2 is 1.95 bits per heavy atom. The van der Waals surface area contributed by atoms with Gasteiger partial charge in [0.2, 0.25) is 0 Å². The Balaban J connectivity index is 1.99. The molecule has 110 valence electrons. The van der Waals surface area contributed by atoms with Crippen molar-refractivity contribution in [1.29, 1.82) is 0 Å². The Hall–Kier alpha value is -2.36. The molecule has 0 aliphatic rings. The van der Waals surface area contributed by atoms with Gasteiger partial charge in [0.15, 0.2) is 0 Å². The molecule has 0 amide bonds. The molecule has 0 saturated heterocycles. The van der Waals surface area contributed by atoms with E-state index in [1.807, 2.05) is 25.1 Å². The number of anilines is 1. The minimum atomic E-state index is -1.13. The smallest absolute Gasteiger partial charge is 0.337 e. The summed E-state index contributed by atoms with van der Waals surface area (Å²) in [7, 11) is 0. The molecule has 2 N–H and O–H groups in total. The van der Waals surface area contributed by atoms with Gasteiger partial charge < -0.3 is 10.4 Å². The van der Waals surface area contributed by atoms with Gasteiger partial charge in [0, 0.05) is 11.7 Å². The van der Waals surface area contributed by atoms with Gasteiger partial charge in [-0.3, -0.25) is 0 Å². The summed E-state index contributed by atoms with van der Waals surface area (Å²) in [6.45, 7) is 1.98. The summed E-state index contributed by atoms with van der Waals surface area (Å²) in [5.74, 6) is -1.68. The fraction of sp³-hybridized carbons (Fsp3) is 0.235. The maximum Gasteiger partial charge on any atom is 0.337 e. The number of rotatable bonds is 6. The van der Waals surface area contributed by atoms with Crippen molar-refractivity contribution in [2.45, 2.75) is 25.8 Å². The van der Waals surface area contributed by atoms with Gasteiger partial charge in [-0.1, -0.05) is 30.3 Å². The van der Waals surface area contributed by atoms with E-state index in [4.69, 9.17) is 5.11 Å². The lowest BCUT2D eigenvalue weighted by atomic mass is 10.1. The minimum absolute atomic E-state index is 0.0402. The first-order valence-corrected chi connectivity index (χ1v) is 6.89. The fourth-order valence-electron chi connectivity index (χ4n) is 2.18. The van der Waals surface area contributed by atoms with Crippen LogP contribution in [-0.2, 0) is 6.42 Å². The topological polar surface area (TPSA) is 49.3 Å². The number of hydrogen-bond acceptors (Lipinski definition) is 2. The van der Waals surface area contributed by atoms with Crippen LogP contribution in [0.25, 0.3) is 0 Å². The van der Waals surface area contributed by atoms with E-state index in [-0.39, 0.29) is 11.6 Å². The van der Waals surface area contributed by atoms with Gasteiger partial charge in [-0.2, -0.15) is 0 Å². The first kappa shape index (κ1) is 15.0. The van der Waals surface area contributed by atoms with Crippen molar-refractivity contribution in [3.05, 3.63) is 65.5 Å². The normalized spacial score (nSPS) is 11.9. The summed E-state index contributed by atoms with van der Waals surface area (Å²) in [5.41, 5.74) is 1.65. The summed E-state index contributed by atoms with van der Waals surface area (Å²) in [4.78, 5) is 11.1. The number of hydrogen-bond donors (Lipinski definition) is 2. The molecular formula is C17H18FNO2. The largest absolute Gasteiger partial charge is 0.478 e. The Bertz CT molecular complexity index is 613. The lowest BCUT2D eigenvalue weighted by molar-refractivity contribution is 0.0697. The molecule has 3 nitrogen and oxygen atoms in total. The molecule has 0 bridgehead atoms. The van der Waals surface area contributed by atoms with Crippen molar-refractivity contribution >= 4 is 11.7 Å². The van der Waals surface area contributed by atoms with Crippen LogP contribution in [0.1, 0.15) is 29.3 Å². The van der Waals surface area contributed by atoms with Crippen LogP contribution >= 0.6 is 0 Å². The second kappa shape index (κ2) is 6.88. The molecule has 2 aromatic rings. The molecule has 1 atom stereocenters. The van der Waals surface area contributed by atoms with E-state index >= 15 is 0 Å². The predicted molar refractivity (Wildman–Crippen MR) is 81.2 cm³/mol. The minimum Gasteiger partial charge on any atom is -0.478 e. The zero-order chi connectivity index (χ0) is 15.2. The molecule has 2 aromatic carbocycles. The fourth-order valence-corrected chi connectivity index (χ4v) is 2.18. The number of aromatic carboxylic acids is 1. The third-order valence-corrected chi connectivity index (χ3v) is 3.32. The van der Waals surface area contributed by atoms with E-state index in [0.29, 0.717) is 5.69 Å². The molecule has 0 aromatic heterocycles. The maximum absolute atomic E-state index is 13.1. The first-order valence-electron chi connectivity index (χ1n) is 6.89. The van der Waals surface area contributed by atoms with Gasteiger partial charge in [-0.25, -0.2) is 9.18 Å². The zero-order valence-corrected chi connectivity index (χ0v) is 11.8. The quantitative estimate of drug-likeness (QED) is 0.845. The summed E-state index contributed by atoms with van der Waals surface area (Å²) in [6.07, 6.45) is 1.76. The highest BCUT2D eigenvalue weighted by atomic mass is 19.1. The van der Waals surface area contributed by atoms with Crippen LogP contribution in [0.15, 0.2) is 48.5 Å². The predicted octanol–water partition coefficient (Wildman–Crippen LogP) is 3.96. The van der Waals surface area contributed by atoms with E-state index in [9.17, 15) is 9.18 Å². The third-order valence-electron chi connectivity index (χ3n) is 3.32. The summed E-state index contributed by atoms with van der Waals surface area (Å²) in [6, 6.07) is 14.0. The van der Waals surface area contributed by atoms with Crippen molar-refractivity contribution in [2.24, 2.45) is 0 Å². The highest BCUT2D eigenvalue weighted by molar-refractivity contribution is 5.94. The van der Waals surface area contributed by atoms with Gasteiger partial charge in [-0.05, 0) is 43.5 Å². The second-order valence-electron chi connectivity index (χ2n) is 5.06. The molecule has 0 aliphatic heterocycles. The van der Waals surface area contributed by atoms with Crippen molar-refractivity contribution < 1.29 is 14.3 Å². The molecule has 0 heterocycles. The number of halogens is 1. The van der Waals surface area contributed by atoms with Crippen LogP contribution in [0.4, 0.5) is 10.1 Å². The molecule has 2 rings (SSSR count). The Kier molecular flexibility index (Phi) is 4.93. The van der Waals surface area contributed by atoms with Crippen molar-refractivity contribution in [3.63, 3.8) is 0 Å². The highest BCUT2D eigenvalue weighted by Crippen LogP contribution is 2.19. The van der Waals surface area contributed by atoms with Gasteiger partial charge >= 0.3 is 5.97 Å². The summed E-state index contributed by atoms with van der Waals surface area (Å²) >= 11 is 0. The molecule has 4 heteroatoms. The monoisotopic (exact) mass is 287 g/mol. The van der Waals surface area contributed by atoms with Crippen LogP contribution in [0.2, 0.25) is 0 Å². The molecule has 1 unspecified atom stereocenters. The molecule has 21 heavy (non-hydrogen) atoms. The lowest BCUT2D eigenvalue weighted by Gasteiger charge is -2.17. The third kappa shape index (κ3) is 4.31. The van der Waals surface area contributed by atoms with Gasteiger partial charge in [0.1, 0.15) is 5.82 Å². The van der Waals surface area contributed by atoms with Crippen LogP contribution < -0.4 is 5.32 Å².